The van der Waals surface area contributed by atoms with Crippen LogP contribution in [0.3, 0.4) is 0 Å². The van der Waals surface area contributed by atoms with Gasteiger partial charge in [-0.2, -0.15) is 0 Å². The highest BCUT2D eigenvalue weighted by Crippen LogP contribution is 2.23. The molecule has 2 heterocycles. The molecular formula is C14H14BrNO3. The van der Waals surface area contributed by atoms with Crippen molar-refractivity contribution in [2.24, 2.45) is 0 Å². The first-order valence-corrected chi connectivity index (χ1v) is 7.04. The largest absolute Gasteiger partial charge is 0.423 e. The van der Waals surface area contributed by atoms with E-state index in [0.717, 1.165) is 28.4 Å². The molecule has 0 radical (unpaired) electrons. The molecule has 1 saturated heterocycles. The minimum Gasteiger partial charge on any atom is -0.423 e. The third kappa shape index (κ3) is 2.73. The lowest BCUT2D eigenvalue weighted by molar-refractivity contribution is 0.175. The monoisotopic (exact) mass is 323 g/mol. The van der Waals surface area contributed by atoms with Crippen LogP contribution >= 0.6 is 15.9 Å². The van der Waals surface area contributed by atoms with E-state index in [2.05, 4.69) is 20.8 Å². The molecule has 1 aliphatic rings. The summed E-state index contributed by atoms with van der Waals surface area (Å²) < 4.78 is 6.10. The summed E-state index contributed by atoms with van der Waals surface area (Å²) in [6.45, 7) is 2.19. The van der Waals surface area contributed by atoms with E-state index in [1.807, 2.05) is 12.1 Å². The summed E-state index contributed by atoms with van der Waals surface area (Å²) in [5, 5.41) is 10.5. The van der Waals surface area contributed by atoms with E-state index in [-0.39, 0.29) is 11.7 Å². The lowest BCUT2D eigenvalue weighted by Gasteiger charge is -2.15. The lowest BCUT2D eigenvalue weighted by atomic mass is 10.1. The van der Waals surface area contributed by atoms with Gasteiger partial charge in [-0.25, -0.2) is 4.79 Å². The third-order valence-corrected chi connectivity index (χ3v) is 3.93. The van der Waals surface area contributed by atoms with Gasteiger partial charge < -0.3 is 9.52 Å². The SMILES string of the molecule is O=c1cc(CN2CC[C@H](O)C2)c2ccc(Br)cc2o1. The number of nitrogens with zero attached hydrogens (tertiary/aromatic N) is 1. The van der Waals surface area contributed by atoms with Gasteiger partial charge in [-0.3, -0.25) is 4.90 Å². The van der Waals surface area contributed by atoms with E-state index in [0.29, 0.717) is 18.7 Å². The van der Waals surface area contributed by atoms with E-state index in [1.165, 1.54) is 0 Å². The molecule has 1 aromatic carbocycles. The van der Waals surface area contributed by atoms with Crippen LogP contribution in [0.15, 0.2) is 37.9 Å². The second-order valence-electron chi connectivity index (χ2n) is 4.91. The number of fused-ring (bicyclic) bond motifs is 1. The predicted octanol–water partition coefficient (Wildman–Crippen LogP) is 2.12. The fraction of sp³-hybridized carbons (Fsp3) is 0.357. The third-order valence-electron chi connectivity index (χ3n) is 3.43. The van der Waals surface area contributed by atoms with Gasteiger partial charge in [0.25, 0.3) is 0 Å². The Labute approximate surface area is 118 Å². The summed E-state index contributed by atoms with van der Waals surface area (Å²) in [5.41, 5.74) is 1.21. The molecule has 3 rings (SSSR count). The molecular weight excluding hydrogens is 310 g/mol. The van der Waals surface area contributed by atoms with Crippen LogP contribution in [0.4, 0.5) is 0 Å². The Kier molecular flexibility index (Phi) is 3.43. The maximum atomic E-state index is 11.6. The highest BCUT2D eigenvalue weighted by molar-refractivity contribution is 9.10. The maximum Gasteiger partial charge on any atom is 0.336 e. The van der Waals surface area contributed by atoms with E-state index < -0.39 is 0 Å². The molecule has 5 heteroatoms. The van der Waals surface area contributed by atoms with Gasteiger partial charge in [-0.15, -0.1) is 0 Å². The second kappa shape index (κ2) is 5.07. The first-order valence-electron chi connectivity index (χ1n) is 6.24. The zero-order chi connectivity index (χ0) is 13.4. The van der Waals surface area contributed by atoms with E-state index >= 15 is 0 Å². The van der Waals surface area contributed by atoms with Crippen LogP contribution in [0.1, 0.15) is 12.0 Å². The second-order valence-corrected chi connectivity index (χ2v) is 5.82. The molecule has 1 N–H and O–H groups in total. The molecule has 1 aromatic heterocycles. The molecule has 0 spiro atoms. The minimum atomic E-state index is -0.333. The smallest absolute Gasteiger partial charge is 0.336 e. The molecule has 0 amide bonds. The summed E-state index contributed by atoms with van der Waals surface area (Å²) in [5.74, 6) is 0. The molecule has 4 nitrogen and oxygen atoms in total. The van der Waals surface area contributed by atoms with Gasteiger partial charge in [0.15, 0.2) is 0 Å². The molecule has 0 saturated carbocycles. The summed E-state index contributed by atoms with van der Waals surface area (Å²) in [7, 11) is 0. The zero-order valence-corrected chi connectivity index (χ0v) is 11.9. The average molecular weight is 324 g/mol. The molecule has 1 fully saturated rings. The van der Waals surface area contributed by atoms with Gasteiger partial charge in [0, 0.05) is 35.6 Å². The van der Waals surface area contributed by atoms with E-state index in [4.69, 9.17) is 4.42 Å². The van der Waals surface area contributed by atoms with Gasteiger partial charge >= 0.3 is 5.63 Å². The van der Waals surface area contributed by atoms with Gasteiger partial charge in [-0.05, 0) is 30.2 Å². The van der Waals surface area contributed by atoms with Crippen LogP contribution in [-0.4, -0.2) is 29.2 Å². The van der Waals surface area contributed by atoms with Crippen molar-refractivity contribution in [2.75, 3.05) is 13.1 Å². The van der Waals surface area contributed by atoms with Crippen LogP contribution in [0, 0.1) is 0 Å². The number of β-amino-alcohol motifs (C(OH)–C–C–N with tert-alkyl or cyclic N) is 1. The Bertz CT molecular complexity index is 667. The van der Waals surface area contributed by atoms with Crippen LogP contribution in [0.25, 0.3) is 11.0 Å². The number of rotatable bonds is 2. The van der Waals surface area contributed by atoms with Crippen molar-refractivity contribution in [1.29, 1.82) is 0 Å². The normalized spacial score (nSPS) is 20.2. The topological polar surface area (TPSA) is 53.7 Å². The van der Waals surface area contributed by atoms with Gasteiger partial charge in [0.2, 0.25) is 0 Å². The zero-order valence-electron chi connectivity index (χ0n) is 10.3. The average Bonchev–Trinajstić information content (AvgIpc) is 2.74. The molecule has 0 bridgehead atoms. The molecule has 1 aliphatic heterocycles. The van der Waals surface area contributed by atoms with Crippen molar-refractivity contribution in [3.8, 4) is 0 Å². The Morgan fingerprint density at radius 1 is 1.42 bits per heavy atom. The van der Waals surface area contributed by atoms with Gasteiger partial charge in [0.1, 0.15) is 5.58 Å². The Morgan fingerprint density at radius 2 is 2.26 bits per heavy atom. The van der Waals surface area contributed by atoms with Crippen molar-refractivity contribution in [1.82, 2.24) is 4.90 Å². The fourth-order valence-corrected chi connectivity index (χ4v) is 2.87. The van der Waals surface area contributed by atoms with E-state index in [9.17, 15) is 9.90 Å². The standard InChI is InChI=1S/C14H14BrNO3/c15-10-1-2-12-9(5-14(18)19-13(12)6-10)7-16-4-3-11(17)8-16/h1-2,5-6,11,17H,3-4,7-8H2/t11-/m0/s1. The summed E-state index contributed by atoms with van der Waals surface area (Å²) >= 11 is 3.37. The number of hydrogen-bond acceptors (Lipinski definition) is 4. The molecule has 1 atom stereocenters. The van der Waals surface area contributed by atoms with Crippen molar-refractivity contribution in [3.05, 3.63) is 44.7 Å². The summed E-state index contributed by atoms with van der Waals surface area (Å²) in [4.78, 5) is 13.8. The van der Waals surface area contributed by atoms with Crippen molar-refractivity contribution in [2.45, 2.75) is 19.1 Å². The first kappa shape index (κ1) is 12.8. The van der Waals surface area contributed by atoms with E-state index in [1.54, 1.807) is 12.1 Å². The maximum absolute atomic E-state index is 11.6. The molecule has 100 valence electrons. The van der Waals surface area contributed by atoms with Gasteiger partial charge in [0.05, 0.1) is 6.10 Å². The Balaban J connectivity index is 2.00. The van der Waals surface area contributed by atoms with Crippen LogP contribution in [0.5, 0.6) is 0 Å². The summed E-state index contributed by atoms with van der Waals surface area (Å²) in [6, 6.07) is 7.23. The highest BCUT2D eigenvalue weighted by Gasteiger charge is 2.21. The van der Waals surface area contributed by atoms with Crippen molar-refractivity contribution >= 4 is 26.9 Å². The lowest BCUT2D eigenvalue weighted by Crippen LogP contribution is -2.22. The number of benzene rings is 1. The number of likely N-dealkylation sites (tertiary alicyclic amines) is 1. The highest BCUT2D eigenvalue weighted by atomic mass is 79.9. The fourth-order valence-electron chi connectivity index (χ4n) is 2.53. The van der Waals surface area contributed by atoms with Gasteiger partial charge in [-0.1, -0.05) is 15.9 Å². The number of aliphatic hydroxyl groups is 1. The predicted molar refractivity (Wildman–Crippen MR) is 76.1 cm³/mol. The van der Waals surface area contributed by atoms with Crippen LogP contribution < -0.4 is 5.63 Å². The first-order chi connectivity index (χ1) is 9.11. The number of halogens is 1. The summed E-state index contributed by atoms with van der Waals surface area (Å²) in [6.07, 6.45) is 0.547. The van der Waals surface area contributed by atoms with Crippen LogP contribution in [-0.2, 0) is 6.54 Å². The molecule has 0 aliphatic carbocycles. The number of aliphatic hydroxyl groups excluding tert-OH is 1. The Morgan fingerprint density at radius 3 is 3.00 bits per heavy atom. The Hall–Kier alpha value is -1.17. The van der Waals surface area contributed by atoms with Crippen molar-refractivity contribution in [3.63, 3.8) is 0 Å². The minimum absolute atomic E-state index is 0.250. The number of hydrogen-bond donors (Lipinski definition) is 1. The van der Waals surface area contributed by atoms with Crippen LogP contribution in [0.2, 0.25) is 0 Å². The molecule has 0 unspecified atom stereocenters. The van der Waals surface area contributed by atoms with Crippen molar-refractivity contribution < 1.29 is 9.52 Å². The molecule has 19 heavy (non-hydrogen) atoms. The quantitative estimate of drug-likeness (QED) is 0.860. The molecule has 2 aromatic rings.